The molecule has 1 saturated carbocycles. The lowest BCUT2D eigenvalue weighted by molar-refractivity contribution is 0.317. The van der Waals surface area contributed by atoms with E-state index in [1.54, 1.807) is 0 Å². The third kappa shape index (κ3) is 3.37. The van der Waals surface area contributed by atoms with Crippen LogP contribution in [0, 0.1) is 17.4 Å². The van der Waals surface area contributed by atoms with Crippen LogP contribution in [0.4, 0.5) is 0 Å². The molecule has 0 heterocycles. The van der Waals surface area contributed by atoms with Crippen LogP contribution in [-0.2, 0) is 0 Å². The van der Waals surface area contributed by atoms with Crippen molar-refractivity contribution in [1.29, 1.82) is 5.26 Å². The largest absolute Gasteiger partial charge is 0.281 e. The highest BCUT2D eigenvalue weighted by molar-refractivity contribution is 5.80. The van der Waals surface area contributed by atoms with Crippen LogP contribution in [0.3, 0.4) is 0 Å². The number of hydrogen-bond acceptors (Lipinski definition) is 2. The van der Waals surface area contributed by atoms with E-state index in [1.807, 2.05) is 13.1 Å². The maximum Gasteiger partial charge on any atom is 0.182 e. The minimum absolute atomic E-state index is 0.358. The van der Waals surface area contributed by atoms with Crippen molar-refractivity contribution in [2.75, 3.05) is 0 Å². The zero-order valence-corrected chi connectivity index (χ0v) is 9.08. The summed E-state index contributed by atoms with van der Waals surface area (Å²) < 4.78 is 0. The molecule has 1 fully saturated rings. The maximum atomic E-state index is 8.42. The SMILES string of the molecule is CC(=NC(C)C1CCCCC1)NC#N. The fraction of sp³-hybridized carbons (Fsp3) is 0.818. The van der Waals surface area contributed by atoms with Gasteiger partial charge in [0.15, 0.2) is 6.19 Å². The number of amidine groups is 1. The normalized spacial score (nSPS) is 21.4. The van der Waals surface area contributed by atoms with Crippen LogP contribution in [0.1, 0.15) is 46.0 Å². The van der Waals surface area contributed by atoms with Gasteiger partial charge in [0.2, 0.25) is 0 Å². The molecule has 1 rings (SSSR count). The molecule has 0 aromatic rings. The Hall–Kier alpha value is -1.04. The molecule has 14 heavy (non-hydrogen) atoms. The summed E-state index contributed by atoms with van der Waals surface area (Å²) in [7, 11) is 0. The van der Waals surface area contributed by atoms with Crippen LogP contribution in [0.25, 0.3) is 0 Å². The molecule has 1 aliphatic carbocycles. The zero-order chi connectivity index (χ0) is 10.4. The second-order valence-corrected chi connectivity index (χ2v) is 4.09. The van der Waals surface area contributed by atoms with Gasteiger partial charge in [0.25, 0.3) is 0 Å². The Morgan fingerprint density at radius 3 is 2.64 bits per heavy atom. The van der Waals surface area contributed by atoms with Crippen molar-refractivity contribution >= 4 is 5.84 Å². The lowest BCUT2D eigenvalue weighted by Crippen LogP contribution is -2.23. The minimum atomic E-state index is 0.358. The fourth-order valence-electron chi connectivity index (χ4n) is 2.14. The Bertz CT molecular complexity index is 233. The number of rotatable bonds is 2. The lowest BCUT2D eigenvalue weighted by Gasteiger charge is -2.25. The highest BCUT2D eigenvalue weighted by Crippen LogP contribution is 2.27. The van der Waals surface area contributed by atoms with Crippen LogP contribution < -0.4 is 5.32 Å². The molecular weight excluding hydrogens is 174 g/mol. The average Bonchev–Trinajstić information content (AvgIpc) is 2.19. The Morgan fingerprint density at radius 1 is 1.43 bits per heavy atom. The first kappa shape index (κ1) is 11.0. The highest BCUT2D eigenvalue weighted by Gasteiger charge is 2.19. The molecule has 0 saturated heterocycles. The summed E-state index contributed by atoms with van der Waals surface area (Å²) in [4.78, 5) is 4.47. The molecule has 0 radical (unpaired) electrons. The highest BCUT2D eigenvalue weighted by atomic mass is 15.0. The smallest absolute Gasteiger partial charge is 0.182 e. The molecule has 3 nitrogen and oxygen atoms in total. The van der Waals surface area contributed by atoms with Gasteiger partial charge in [-0.2, -0.15) is 5.26 Å². The third-order valence-corrected chi connectivity index (χ3v) is 2.97. The summed E-state index contributed by atoms with van der Waals surface area (Å²) in [6, 6.07) is 0.358. The van der Waals surface area contributed by atoms with Gasteiger partial charge in [-0.1, -0.05) is 19.3 Å². The minimum Gasteiger partial charge on any atom is -0.281 e. The molecule has 1 N–H and O–H groups in total. The molecule has 1 unspecified atom stereocenters. The van der Waals surface area contributed by atoms with E-state index in [1.165, 1.54) is 32.1 Å². The average molecular weight is 193 g/mol. The van der Waals surface area contributed by atoms with E-state index in [0.717, 1.165) is 11.8 Å². The van der Waals surface area contributed by atoms with E-state index < -0.39 is 0 Å². The predicted octanol–water partition coefficient (Wildman–Crippen LogP) is 2.44. The van der Waals surface area contributed by atoms with Gasteiger partial charge in [-0.25, -0.2) is 0 Å². The Morgan fingerprint density at radius 2 is 2.07 bits per heavy atom. The van der Waals surface area contributed by atoms with E-state index in [4.69, 9.17) is 5.26 Å². The van der Waals surface area contributed by atoms with Crippen molar-refractivity contribution in [1.82, 2.24) is 5.32 Å². The van der Waals surface area contributed by atoms with Gasteiger partial charge in [0, 0.05) is 0 Å². The van der Waals surface area contributed by atoms with E-state index in [0.29, 0.717) is 6.04 Å². The van der Waals surface area contributed by atoms with Crippen LogP contribution in [0.5, 0.6) is 0 Å². The molecule has 0 aromatic heterocycles. The molecular formula is C11H19N3. The first-order valence-electron chi connectivity index (χ1n) is 5.43. The summed E-state index contributed by atoms with van der Waals surface area (Å²) in [6.07, 6.45) is 8.55. The second-order valence-electron chi connectivity index (χ2n) is 4.09. The standard InChI is InChI=1S/C11H19N3/c1-9(14-10(2)13-8-12)11-6-4-3-5-7-11/h9,11H,3-7H2,1-2H3,(H,13,14). The molecule has 0 bridgehead atoms. The Balaban J connectivity index is 2.43. The molecule has 0 amide bonds. The number of nitrogens with zero attached hydrogens (tertiary/aromatic N) is 2. The monoisotopic (exact) mass is 193 g/mol. The van der Waals surface area contributed by atoms with E-state index in [2.05, 4.69) is 17.2 Å². The van der Waals surface area contributed by atoms with Gasteiger partial charge >= 0.3 is 0 Å². The number of aliphatic imine (C=N–C) groups is 1. The second kappa shape index (κ2) is 5.64. The van der Waals surface area contributed by atoms with Crippen LogP contribution in [-0.4, -0.2) is 11.9 Å². The predicted molar refractivity (Wildman–Crippen MR) is 57.9 cm³/mol. The molecule has 1 aliphatic rings. The van der Waals surface area contributed by atoms with Crippen molar-refractivity contribution in [2.45, 2.75) is 52.0 Å². The Kier molecular flexibility index (Phi) is 4.45. The molecule has 0 spiro atoms. The van der Waals surface area contributed by atoms with Crippen LogP contribution in [0.15, 0.2) is 4.99 Å². The quantitative estimate of drug-likeness (QED) is 0.317. The molecule has 0 aromatic carbocycles. The van der Waals surface area contributed by atoms with E-state index >= 15 is 0 Å². The van der Waals surface area contributed by atoms with Crippen molar-refractivity contribution in [3.8, 4) is 6.19 Å². The summed E-state index contributed by atoms with van der Waals surface area (Å²) in [5, 5.41) is 11.0. The summed E-state index contributed by atoms with van der Waals surface area (Å²) in [5.41, 5.74) is 0. The van der Waals surface area contributed by atoms with Crippen molar-refractivity contribution in [3.05, 3.63) is 0 Å². The molecule has 0 aliphatic heterocycles. The number of nitriles is 1. The van der Waals surface area contributed by atoms with Crippen molar-refractivity contribution < 1.29 is 0 Å². The van der Waals surface area contributed by atoms with Gasteiger partial charge in [-0.3, -0.25) is 10.3 Å². The molecule has 3 heteroatoms. The third-order valence-electron chi connectivity index (χ3n) is 2.97. The first-order chi connectivity index (χ1) is 6.74. The zero-order valence-electron chi connectivity index (χ0n) is 9.08. The van der Waals surface area contributed by atoms with Gasteiger partial charge in [-0.15, -0.1) is 0 Å². The van der Waals surface area contributed by atoms with Gasteiger partial charge in [0.05, 0.1) is 6.04 Å². The summed E-state index contributed by atoms with van der Waals surface area (Å²) in [5.74, 6) is 1.46. The lowest BCUT2D eigenvalue weighted by atomic mass is 9.85. The number of nitrogens with one attached hydrogen (secondary N) is 1. The maximum absolute atomic E-state index is 8.42. The summed E-state index contributed by atoms with van der Waals surface area (Å²) >= 11 is 0. The van der Waals surface area contributed by atoms with Crippen LogP contribution in [0.2, 0.25) is 0 Å². The molecule has 1 atom stereocenters. The van der Waals surface area contributed by atoms with Crippen molar-refractivity contribution in [2.24, 2.45) is 10.9 Å². The van der Waals surface area contributed by atoms with Crippen LogP contribution >= 0.6 is 0 Å². The first-order valence-corrected chi connectivity index (χ1v) is 5.43. The van der Waals surface area contributed by atoms with Crippen molar-refractivity contribution in [3.63, 3.8) is 0 Å². The Labute approximate surface area is 86.2 Å². The topological polar surface area (TPSA) is 48.2 Å². The number of hydrogen-bond donors (Lipinski definition) is 1. The van der Waals surface area contributed by atoms with E-state index in [9.17, 15) is 0 Å². The van der Waals surface area contributed by atoms with Gasteiger partial charge < -0.3 is 0 Å². The molecule has 78 valence electrons. The van der Waals surface area contributed by atoms with Gasteiger partial charge in [-0.05, 0) is 32.6 Å². The van der Waals surface area contributed by atoms with Gasteiger partial charge in [0.1, 0.15) is 5.84 Å². The van der Waals surface area contributed by atoms with E-state index in [-0.39, 0.29) is 0 Å². The summed E-state index contributed by atoms with van der Waals surface area (Å²) in [6.45, 7) is 4.00. The fourth-order valence-corrected chi connectivity index (χ4v) is 2.14.